The number of carbonyl (C=O) groups is 2. The van der Waals surface area contributed by atoms with E-state index in [1.807, 2.05) is 0 Å². The summed E-state index contributed by atoms with van der Waals surface area (Å²) in [6.07, 6.45) is 3.03. The predicted octanol–water partition coefficient (Wildman–Crippen LogP) is 1.93. The lowest BCUT2D eigenvalue weighted by Gasteiger charge is -2.34. The normalized spacial score (nSPS) is 18.9. The van der Waals surface area contributed by atoms with E-state index in [0.29, 0.717) is 24.6 Å². The lowest BCUT2D eigenvalue weighted by Crippen LogP contribution is -2.45. The van der Waals surface area contributed by atoms with Gasteiger partial charge in [0.25, 0.3) is 5.91 Å². The van der Waals surface area contributed by atoms with E-state index in [-0.39, 0.29) is 24.3 Å². The monoisotopic (exact) mass is 280 g/mol. The Morgan fingerprint density at radius 2 is 2.30 bits per heavy atom. The van der Waals surface area contributed by atoms with Crippen LogP contribution in [0.3, 0.4) is 0 Å². The molecule has 0 aliphatic carbocycles. The van der Waals surface area contributed by atoms with E-state index in [0.717, 1.165) is 19.3 Å². The van der Waals surface area contributed by atoms with E-state index < -0.39 is 0 Å². The van der Waals surface area contributed by atoms with Gasteiger partial charge in [-0.3, -0.25) is 9.59 Å². The van der Waals surface area contributed by atoms with Gasteiger partial charge in [-0.05, 0) is 33.1 Å². The van der Waals surface area contributed by atoms with Gasteiger partial charge in [-0.15, -0.1) is 0 Å². The van der Waals surface area contributed by atoms with Crippen LogP contribution in [0.1, 0.15) is 48.9 Å². The zero-order valence-electron chi connectivity index (χ0n) is 11.9. The number of nitrogens with zero attached hydrogens (tertiary/aromatic N) is 2. The van der Waals surface area contributed by atoms with E-state index in [1.165, 1.54) is 0 Å². The standard InChI is InChI=1S/C14H20N2O4/c1-3-19-13(17)9-11-6-4-5-7-16(11)14(18)12-8-10(2)20-15-12/h8,11H,3-7,9H2,1-2H3/t11-/m0/s1. The number of aromatic nitrogens is 1. The van der Waals surface area contributed by atoms with Crippen molar-refractivity contribution in [2.45, 2.75) is 45.6 Å². The third-order valence-electron chi connectivity index (χ3n) is 3.44. The van der Waals surface area contributed by atoms with Gasteiger partial charge in [-0.25, -0.2) is 0 Å². The molecule has 1 fully saturated rings. The number of carbonyl (C=O) groups excluding carboxylic acids is 2. The summed E-state index contributed by atoms with van der Waals surface area (Å²) < 4.78 is 9.91. The maximum atomic E-state index is 12.4. The lowest BCUT2D eigenvalue weighted by atomic mass is 9.99. The van der Waals surface area contributed by atoms with E-state index >= 15 is 0 Å². The number of ether oxygens (including phenoxy) is 1. The highest BCUT2D eigenvalue weighted by molar-refractivity contribution is 5.92. The number of hydrogen-bond acceptors (Lipinski definition) is 5. The summed E-state index contributed by atoms with van der Waals surface area (Å²) in [7, 11) is 0. The number of likely N-dealkylation sites (tertiary alicyclic amines) is 1. The molecule has 1 saturated heterocycles. The Balaban J connectivity index is 2.06. The molecule has 6 heteroatoms. The molecule has 6 nitrogen and oxygen atoms in total. The molecule has 0 unspecified atom stereocenters. The van der Waals surface area contributed by atoms with Gasteiger partial charge in [0.15, 0.2) is 5.69 Å². The summed E-state index contributed by atoms with van der Waals surface area (Å²) in [5.41, 5.74) is 0.304. The zero-order chi connectivity index (χ0) is 14.5. The van der Waals surface area contributed by atoms with Crippen LogP contribution in [0.5, 0.6) is 0 Å². The smallest absolute Gasteiger partial charge is 0.307 e. The highest BCUT2D eigenvalue weighted by atomic mass is 16.5. The van der Waals surface area contributed by atoms with Crippen molar-refractivity contribution in [1.82, 2.24) is 10.1 Å². The number of hydrogen-bond donors (Lipinski definition) is 0. The molecule has 1 aromatic rings. The van der Waals surface area contributed by atoms with Gasteiger partial charge in [0.05, 0.1) is 13.0 Å². The van der Waals surface area contributed by atoms with Crippen molar-refractivity contribution in [2.24, 2.45) is 0 Å². The van der Waals surface area contributed by atoms with Crippen LogP contribution in [0, 0.1) is 6.92 Å². The first-order valence-electron chi connectivity index (χ1n) is 7.01. The molecule has 1 aliphatic rings. The Morgan fingerprint density at radius 3 is 2.95 bits per heavy atom. The maximum absolute atomic E-state index is 12.4. The highest BCUT2D eigenvalue weighted by Gasteiger charge is 2.30. The van der Waals surface area contributed by atoms with Crippen molar-refractivity contribution in [3.05, 3.63) is 17.5 Å². The fourth-order valence-electron chi connectivity index (χ4n) is 2.51. The fraction of sp³-hybridized carbons (Fsp3) is 0.643. The third-order valence-corrected chi connectivity index (χ3v) is 3.44. The predicted molar refractivity (Wildman–Crippen MR) is 71.2 cm³/mol. The SMILES string of the molecule is CCOC(=O)C[C@@H]1CCCCN1C(=O)c1cc(C)on1. The summed E-state index contributed by atoms with van der Waals surface area (Å²) in [5.74, 6) is 0.177. The molecule has 1 atom stereocenters. The molecule has 0 saturated carbocycles. The molecule has 0 radical (unpaired) electrons. The largest absolute Gasteiger partial charge is 0.466 e. The van der Waals surface area contributed by atoms with Gasteiger partial charge in [0, 0.05) is 18.7 Å². The van der Waals surface area contributed by atoms with Crippen LogP contribution < -0.4 is 0 Å². The van der Waals surface area contributed by atoms with Gasteiger partial charge in [0.2, 0.25) is 0 Å². The summed E-state index contributed by atoms with van der Waals surface area (Å²) >= 11 is 0. The van der Waals surface area contributed by atoms with Crippen LogP contribution in [0.25, 0.3) is 0 Å². The van der Waals surface area contributed by atoms with Gasteiger partial charge < -0.3 is 14.2 Å². The fourth-order valence-corrected chi connectivity index (χ4v) is 2.51. The number of rotatable bonds is 4. The van der Waals surface area contributed by atoms with Gasteiger partial charge in [-0.1, -0.05) is 5.16 Å². The first-order valence-corrected chi connectivity index (χ1v) is 7.01. The molecule has 0 aromatic carbocycles. The Hall–Kier alpha value is -1.85. The molecule has 0 N–H and O–H groups in total. The summed E-state index contributed by atoms with van der Waals surface area (Å²) in [6, 6.07) is 1.52. The molecular weight excluding hydrogens is 260 g/mol. The van der Waals surface area contributed by atoms with E-state index in [2.05, 4.69) is 5.16 Å². The highest BCUT2D eigenvalue weighted by Crippen LogP contribution is 2.22. The first-order chi connectivity index (χ1) is 9.61. The van der Waals surface area contributed by atoms with Crippen LogP contribution in [-0.2, 0) is 9.53 Å². The molecule has 20 heavy (non-hydrogen) atoms. The Labute approximate surface area is 118 Å². The number of piperidine rings is 1. The first kappa shape index (κ1) is 14.6. The van der Waals surface area contributed by atoms with Crippen LogP contribution in [-0.4, -0.2) is 41.1 Å². The third kappa shape index (κ3) is 3.37. The number of aryl methyl sites for hydroxylation is 1. The van der Waals surface area contributed by atoms with Crippen LogP contribution in [0.15, 0.2) is 10.6 Å². The minimum Gasteiger partial charge on any atom is -0.466 e. The van der Waals surface area contributed by atoms with Crippen molar-refractivity contribution >= 4 is 11.9 Å². The molecule has 0 spiro atoms. The van der Waals surface area contributed by atoms with E-state index in [1.54, 1.807) is 24.8 Å². The molecule has 110 valence electrons. The quantitative estimate of drug-likeness (QED) is 0.788. The van der Waals surface area contributed by atoms with Crippen LogP contribution in [0.2, 0.25) is 0 Å². The van der Waals surface area contributed by atoms with Crippen LogP contribution in [0.4, 0.5) is 0 Å². The summed E-state index contributed by atoms with van der Waals surface area (Å²) in [6.45, 7) is 4.53. The number of amides is 1. The molecular formula is C14H20N2O4. The summed E-state index contributed by atoms with van der Waals surface area (Å²) in [4.78, 5) is 25.8. The van der Waals surface area contributed by atoms with Crippen molar-refractivity contribution in [1.29, 1.82) is 0 Å². The Morgan fingerprint density at radius 1 is 1.50 bits per heavy atom. The average molecular weight is 280 g/mol. The summed E-state index contributed by atoms with van der Waals surface area (Å²) in [5, 5.41) is 3.76. The second kappa shape index (κ2) is 6.54. The molecule has 1 aliphatic heterocycles. The Kier molecular flexibility index (Phi) is 4.76. The molecule has 2 heterocycles. The van der Waals surface area contributed by atoms with Crippen LogP contribution >= 0.6 is 0 Å². The zero-order valence-corrected chi connectivity index (χ0v) is 11.9. The lowest BCUT2D eigenvalue weighted by molar-refractivity contribution is -0.144. The minimum atomic E-state index is -0.256. The second-order valence-corrected chi connectivity index (χ2v) is 4.98. The second-order valence-electron chi connectivity index (χ2n) is 4.98. The molecule has 1 amide bonds. The minimum absolute atomic E-state index is 0.104. The topological polar surface area (TPSA) is 72.6 Å². The molecule has 1 aromatic heterocycles. The molecule has 2 rings (SSSR count). The van der Waals surface area contributed by atoms with Gasteiger partial charge >= 0.3 is 5.97 Å². The average Bonchev–Trinajstić information content (AvgIpc) is 2.85. The van der Waals surface area contributed by atoms with Crippen molar-refractivity contribution in [3.63, 3.8) is 0 Å². The van der Waals surface area contributed by atoms with E-state index in [4.69, 9.17) is 9.26 Å². The van der Waals surface area contributed by atoms with Crippen molar-refractivity contribution in [3.8, 4) is 0 Å². The van der Waals surface area contributed by atoms with E-state index in [9.17, 15) is 9.59 Å². The van der Waals surface area contributed by atoms with Gasteiger partial charge in [0.1, 0.15) is 5.76 Å². The van der Waals surface area contributed by atoms with Crippen molar-refractivity contribution < 1.29 is 18.8 Å². The Bertz CT molecular complexity index is 483. The van der Waals surface area contributed by atoms with Crippen molar-refractivity contribution in [2.75, 3.05) is 13.2 Å². The van der Waals surface area contributed by atoms with Gasteiger partial charge in [-0.2, -0.15) is 0 Å². The maximum Gasteiger partial charge on any atom is 0.307 e. The molecule has 0 bridgehead atoms. The number of esters is 1.